The largest absolute Gasteiger partial charge is 0.416 e. The summed E-state index contributed by atoms with van der Waals surface area (Å²) in [6, 6.07) is 21.1. The molecule has 0 saturated carbocycles. The Morgan fingerprint density at radius 2 is 1.35 bits per heavy atom. The summed E-state index contributed by atoms with van der Waals surface area (Å²) in [5.41, 5.74) is 1.92. The number of amides is 2. The summed E-state index contributed by atoms with van der Waals surface area (Å²) in [5, 5.41) is 3.75. The minimum Gasteiger partial charge on any atom is -0.355 e. The fraction of sp³-hybridized carbons (Fsp3) is 0.179. The molecule has 0 unspecified atom stereocenters. The predicted octanol–water partition coefficient (Wildman–Crippen LogP) is 5.60. The maximum atomic E-state index is 13.0. The minimum atomic E-state index is -4.44. The average molecular weight is 505 g/mol. The van der Waals surface area contributed by atoms with Crippen molar-refractivity contribution in [1.29, 1.82) is 0 Å². The molecule has 1 aromatic heterocycles. The van der Waals surface area contributed by atoms with E-state index in [2.05, 4.69) is 10.3 Å². The van der Waals surface area contributed by atoms with Crippen molar-refractivity contribution in [2.45, 2.75) is 6.18 Å². The van der Waals surface area contributed by atoms with Gasteiger partial charge < -0.3 is 15.1 Å². The maximum absolute atomic E-state index is 13.0. The molecule has 0 bridgehead atoms. The number of nitrogens with one attached hydrogen (secondary N) is 1. The van der Waals surface area contributed by atoms with E-state index in [4.69, 9.17) is 0 Å². The van der Waals surface area contributed by atoms with Crippen LogP contribution in [0, 0.1) is 0 Å². The molecule has 5 rings (SSSR count). The normalized spacial score (nSPS) is 14.0. The Morgan fingerprint density at radius 1 is 0.757 bits per heavy atom. The predicted molar refractivity (Wildman–Crippen MR) is 135 cm³/mol. The van der Waals surface area contributed by atoms with Crippen LogP contribution in [0.3, 0.4) is 0 Å². The fourth-order valence-corrected chi connectivity index (χ4v) is 4.34. The summed E-state index contributed by atoms with van der Waals surface area (Å²) in [6.45, 7) is 1.81. The van der Waals surface area contributed by atoms with E-state index >= 15 is 0 Å². The number of carbonyl (C=O) groups excluding carboxylic acids is 2. The monoisotopic (exact) mass is 504 g/mol. The second kappa shape index (κ2) is 9.93. The Morgan fingerprint density at radius 3 is 1.95 bits per heavy atom. The minimum absolute atomic E-state index is 0.0404. The van der Waals surface area contributed by atoms with Gasteiger partial charge in [-0.2, -0.15) is 13.2 Å². The van der Waals surface area contributed by atoms with E-state index in [1.165, 1.54) is 12.3 Å². The maximum Gasteiger partial charge on any atom is 0.416 e. The molecule has 1 aliphatic rings. The number of rotatable bonds is 4. The van der Waals surface area contributed by atoms with Crippen molar-refractivity contribution in [2.75, 3.05) is 31.5 Å². The first kappa shape index (κ1) is 24.3. The number of anilines is 2. The van der Waals surface area contributed by atoms with Crippen LogP contribution in [-0.2, 0) is 6.18 Å². The van der Waals surface area contributed by atoms with E-state index in [0.29, 0.717) is 54.1 Å². The fourth-order valence-electron chi connectivity index (χ4n) is 4.34. The molecule has 0 atom stereocenters. The zero-order valence-corrected chi connectivity index (χ0v) is 19.7. The van der Waals surface area contributed by atoms with Crippen LogP contribution >= 0.6 is 0 Å². The number of halogens is 3. The van der Waals surface area contributed by atoms with Gasteiger partial charge in [-0.25, -0.2) is 0 Å². The third kappa shape index (κ3) is 5.25. The van der Waals surface area contributed by atoms with Crippen molar-refractivity contribution in [2.24, 2.45) is 0 Å². The van der Waals surface area contributed by atoms with Crippen molar-refractivity contribution < 1.29 is 22.8 Å². The first-order valence-corrected chi connectivity index (χ1v) is 11.8. The summed E-state index contributed by atoms with van der Waals surface area (Å²) in [4.78, 5) is 33.2. The summed E-state index contributed by atoms with van der Waals surface area (Å²) in [7, 11) is 0. The molecular formula is C28H23F3N4O2. The molecule has 37 heavy (non-hydrogen) atoms. The number of piperazine rings is 1. The number of nitrogens with zero attached hydrogens (tertiary/aromatic N) is 3. The van der Waals surface area contributed by atoms with Gasteiger partial charge in [0.1, 0.15) is 0 Å². The first-order chi connectivity index (χ1) is 17.8. The van der Waals surface area contributed by atoms with Gasteiger partial charge in [0.05, 0.1) is 11.1 Å². The van der Waals surface area contributed by atoms with Crippen LogP contribution in [0.5, 0.6) is 0 Å². The van der Waals surface area contributed by atoms with E-state index in [0.717, 1.165) is 12.1 Å². The van der Waals surface area contributed by atoms with Crippen LogP contribution in [0.15, 0.2) is 85.1 Å². The molecule has 1 saturated heterocycles. The van der Waals surface area contributed by atoms with Gasteiger partial charge >= 0.3 is 6.18 Å². The number of hydrogen-bond acceptors (Lipinski definition) is 4. The number of hydrogen-bond donors (Lipinski definition) is 1. The number of aromatic nitrogens is 1. The van der Waals surface area contributed by atoms with Crippen LogP contribution < -0.4 is 5.32 Å². The standard InChI is InChI=1S/C28H23F3N4O2/c29-28(30,31)21-8-11-23-24(12-13-32-25(23)18-21)33-22-9-6-20(7-10-22)27(37)35-16-14-34(15-17-35)26(36)19-4-2-1-3-5-19/h1-13,18H,14-17H2,(H,32,33). The Bertz CT molecular complexity index is 1430. The van der Waals surface area contributed by atoms with E-state index in [-0.39, 0.29) is 17.3 Å². The molecule has 0 aliphatic carbocycles. The summed E-state index contributed by atoms with van der Waals surface area (Å²) in [6.07, 6.45) is -2.99. The molecule has 1 N–H and O–H groups in total. The van der Waals surface area contributed by atoms with Crippen molar-refractivity contribution in [3.8, 4) is 0 Å². The third-order valence-corrected chi connectivity index (χ3v) is 6.36. The zero-order chi connectivity index (χ0) is 26.0. The van der Waals surface area contributed by atoms with Gasteiger partial charge in [-0.3, -0.25) is 14.6 Å². The third-order valence-electron chi connectivity index (χ3n) is 6.36. The second-order valence-corrected chi connectivity index (χ2v) is 8.74. The van der Waals surface area contributed by atoms with Crippen LogP contribution in [0.4, 0.5) is 24.5 Å². The lowest BCUT2D eigenvalue weighted by Crippen LogP contribution is -2.50. The number of fused-ring (bicyclic) bond motifs is 1. The highest BCUT2D eigenvalue weighted by Gasteiger charge is 2.30. The van der Waals surface area contributed by atoms with Crippen LogP contribution in [0.25, 0.3) is 10.9 Å². The highest BCUT2D eigenvalue weighted by atomic mass is 19.4. The average Bonchev–Trinajstić information content (AvgIpc) is 2.92. The summed E-state index contributed by atoms with van der Waals surface area (Å²) < 4.78 is 39.1. The Labute approximate surface area is 211 Å². The van der Waals surface area contributed by atoms with Gasteiger partial charge in [0, 0.05) is 60.3 Å². The molecule has 2 amide bonds. The molecule has 1 aliphatic heterocycles. The van der Waals surface area contributed by atoms with Crippen molar-refractivity contribution >= 4 is 34.1 Å². The van der Waals surface area contributed by atoms with Gasteiger partial charge in [-0.05, 0) is 54.6 Å². The van der Waals surface area contributed by atoms with Crippen molar-refractivity contribution in [3.63, 3.8) is 0 Å². The van der Waals surface area contributed by atoms with Gasteiger partial charge in [-0.15, -0.1) is 0 Å². The van der Waals surface area contributed by atoms with Gasteiger partial charge in [0.2, 0.25) is 0 Å². The molecule has 9 heteroatoms. The number of benzene rings is 3. The van der Waals surface area contributed by atoms with Gasteiger partial charge in [0.15, 0.2) is 0 Å². The lowest BCUT2D eigenvalue weighted by molar-refractivity contribution is -0.137. The van der Waals surface area contributed by atoms with Gasteiger partial charge in [-0.1, -0.05) is 24.3 Å². The van der Waals surface area contributed by atoms with Crippen molar-refractivity contribution in [1.82, 2.24) is 14.8 Å². The topological polar surface area (TPSA) is 65.5 Å². The van der Waals surface area contributed by atoms with Gasteiger partial charge in [0.25, 0.3) is 11.8 Å². The molecule has 4 aromatic rings. The number of pyridine rings is 1. The Kier molecular flexibility index (Phi) is 6.52. The molecule has 0 spiro atoms. The number of carbonyl (C=O) groups is 2. The summed E-state index contributed by atoms with van der Waals surface area (Å²) in [5.74, 6) is -0.159. The molecule has 6 nitrogen and oxygen atoms in total. The van der Waals surface area contributed by atoms with E-state index in [9.17, 15) is 22.8 Å². The Hall–Kier alpha value is -4.40. The molecule has 0 radical (unpaired) electrons. The smallest absolute Gasteiger partial charge is 0.355 e. The lowest BCUT2D eigenvalue weighted by Gasteiger charge is -2.35. The highest BCUT2D eigenvalue weighted by molar-refractivity contribution is 5.97. The van der Waals surface area contributed by atoms with Crippen LogP contribution in [0.1, 0.15) is 26.3 Å². The van der Waals surface area contributed by atoms with E-state index in [1.807, 2.05) is 18.2 Å². The van der Waals surface area contributed by atoms with Crippen molar-refractivity contribution in [3.05, 3.63) is 102 Å². The summed E-state index contributed by atoms with van der Waals surface area (Å²) >= 11 is 0. The lowest BCUT2D eigenvalue weighted by atomic mass is 10.1. The van der Waals surface area contributed by atoms with Crippen LogP contribution in [0.2, 0.25) is 0 Å². The Balaban J connectivity index is 1.23. The highest BCUT2D eigenvalue weighted by Crippen LogP contribution is 2.33. The van der Waals surface area contributed by atoms with Crippen LogP contribution in [-0.4, -0.2) is 52.8 Å². The quantitative estimate of drug-likeness (QED) is 0.393. The second-order valence-electron chi connectivity index (χ2n) is 8.74. The number of alkyl halides is 3. The van der Waals surface area contributed by atoms with E-state index < -0.39 is 11.7 Å². The SMILES string of the molecule is O=C(c1ccccc1)N1CCN(C(=O)c2ccc(Nc3ccnc4cc(C(F)(F)F)ccc34)cc2)CC1. The van der Waals surface area contributed by atoms with E-state index in [1.54, 1.807) is 52.3 Å². The molecule has 1 fully saturated rings. The molecule has 188 valence electrons. The molecular weight excluding hydrogens is 481 g/mol. The molecule has 3 aromatic carbocycles. The molecule has 2 heterocycles. The zero-order valence-electron chi connectivity index (χ0n) is 19.7. The first-order valence-electron chi connectivity index (χ1n) is 11.8.